The van der Waals surface area contributed by atoms with Gasteiger partial charge >= 0.3 is 0 Å². The van der Waals surface area contributed by atoms with Crippen LogP contribution >= 0.6 is 35.5 Å². The van der Waals surface area contributed by atoms with Gasteiger partial charge in [0.1, 0.15) is 5.75 Å². The second kappa shape index (κ2) is 8.01. The number of carbonyl (C=O) groups is 1. The summed E-state index contributed by atoms with van der Waals surface area (Å²) in [4.78, 5) is 17.8. The first-order valence-corrected chi connectivity index (χ1v) is 8.88. The highest BCUT2D eigenvalue weighted by Crippen LogP contribution is 2.31. The number of thioether (sulfide) groups is 1. The van der Waals surface area contributed by atoms with Gasteiger partial charge in [-0.3, -0.25) is 10.1 Å². The summed E-state index contributed by atoms with van der Waals surface area (Å²) in [6.45, 7) is 2.01. The number of carbonyl (C=O) groups excluding carboxylic acids is 1. The standard InChI is InChI=1S/C15H17N3O2S2.ClH/c1-9-13(10-3-5-11(20-2)6-4-10)17-15(22-9)18-14(19)12-7-21-8-16-12;/h3-6,12,16H,7-8H2,1-2H3,(H,17,18,19);1H. The lowest BCUT2D eigenvalue weighted by atomic mass is 10.1. The molecule has 2 N–H and O–H groups in total. The summed E-state index contributed by atoms with van der Waals surface area (Å²) in [5.41, 5.74) is 1.92. The summed E-state index contributed by atoms with van der Waals surface area (Å²) in [7, 11) is 1.64. The smallest absolute Gasteiger partial charge is 0.244 e. The Morgan fingerprint density at radius 2 is 2.13 bits per heavy atom. The number of benzene rings is 1. The molecular weight excluding hydrogens is 354 g/mol. The second-order valence-corrected chi connectivity index (χ2v) is 7.15. The van der Waals surface area contributed by atoms with Crippen molar-refractivity contribution in [2.24, 2.45) is 0 Å². The van der Waals surface area contributed by atoms with Gasteiger partial charge in [-0.05, 0) is 31.2 Å². The number of thiazole rings is 1. The van der Waals surface area contributed by atoms with E-state index in [4.69, 9.17) is 4.74 Å². The Bertz CT molecular complexity index is 670. The number of hydrogen-bond acceptors (Lipinski definition) is 6. The zero-order chi connectivity index (χ0) is 15.5. The van der Waals surface area contributed by atoms with Crippen LogP contribution in [0, 0.1) is 6.92 Å². The van der Waals surface area contributed by atoms with Gasteiger partial charge in [0.05, 0.1) is 18.8 Å². The zero-order valence-electron chi connectivity index (χ0n) is 12.8. The summed E-state index contributed by atoms with van der Waals surface area (Å²) in [5, 5.41) is 6.71. The molecule has 1 aliphatic heterocycles. The van der Waals surface area contributed by atoms with Gasteiger partial charge in [-0.25, -0.2) is 4.98 Å². The van der Waals surface area contributed by atoms with Gasteiger partial charge in [0.2, 0.25) is 5.91 Å². The van der Waals surface area contributed by atoms with Gasteiger partial charge in [-0.2, -0.15) is 0 Å². The number of aryl methyl sites for hydroxylation is 1. The van der Waals surface area contributed by atoms with Crippen LogP contribution in [0.3, 0.4) is 0 Å². The minimum atomic E-state index is -0.126. The number of ether oxygens (including phenoxy) is 1. The molecular formula is C15H18ClN3O2S2. The van der Waals surface area contributed by atoms with Crippen LogP contribution in [0.1, 0.15) is 4.88 Å². The van der Waals surface area contributed by atoms with E-state index in [1.165, 1.54) is 11.3 Å². The number of methoxy groups -OCH3 is 1. The van der Waals surface area contributed by atoms with Gasteiger partial charge in [0.25, 0.3) is 0 Å². The van der Waals surface area contributed by atoms with Crippen LogP contribution in [0.4, 0.5) is 5.13 Å². The summed E-state index contributed by atoms with van der Waals surface area (Å²) < 4.78 is 5.17. The van der Waals surface area contributed by atoms with Crippen molar-refractivity contribution in [1.29, 1.82) is 0 Å². The van der Waals surface area contributed by atoms with Crippen LogP contribution in [0.2, 0.25) is 0 Å². The van der Waals surface area contributed by atoms with E-state index in [1.54, 1.807) is 18.9 Å². The van der Waals surface area contributed by atoms with Crippen molar-refractivity contribution in [3.8, 4) is 17.0 Å². The van der Waals surface area contributed by atoms with Gasteiger partial charge < -0.3 is 10.1 Å². The topological polar surface area (TPSA) is 63.2 Å². The fraction of sp³-hybridized carbons (Fsp3) is 0.333. The van der Waals surface area contributed by atoms with Crippen LogP contribution in [0.15, 0.2) is 24.3 Å². The predicted molar refractivity (Wildman–Crippen MR) is 99.0 cm³/mol. The van der Waals surface area contributed by atoms with Crippen molar-refractivity contribution in [2.75, 3.05) is 24.1 Å². The third-order valence-electron chi connectivity index (χ3n) is 3.42. The highest BCUT2D eigenvalue weighted by molar-refractivity contribution is 7.99. The number of halogens is 1. The second-order valence-electron chi connectivity index (χ2n) is 4.91. The number of anilines is 1. The molecule has 5 nitrogen and oxygen atoms in total. The highest BCUT2D eigenvalue weighted by Gasteiger charge is 2.23. The molecule has 1 fully saturated rings. The van der Waals surface area contributed by atoms with Gasteiger partial charge in [0.15, 0.2) is 5.13 Å². The maximum Gasteiger partial charge on any atom is 0.244 e. The van der Waals surface area contributed by atoms with Crippen LogP contribution < -0.4 is 15.4 Å². The Hall–Kier alpha value is -1.28. The molecule has 23 heavy (non-hydrogen) atoms. The summed E-state index contributed by atoms with van der Waals surface area (Å²) >= 11 is 3.23. The van der Waals surface area contributed by atoms with Gasteiger partial charge in [-0.15, -0.1) is 35.5 Å². The SMILES string of the molecule is COc1ccc(-c2nc(NC(=O)C3CSCN3)sc2C)cc1.Cl. The quantitative estimate of drug-likeness (QED) is 0.864. The Labute approximate surface area is 149 Å². The number of nitrogens with zero attached hydrogens (tertiary/aromatic N) is 1. The Kier molecular flexibility index (Phi) is 6.29. The molecule has 0 bridgehead atoms. The van der Waals surface area contributed by atoms with E-state index in [0.29, 0.717) is 5.13 Å². The molecule has 1 unspecified atom stereocenters. The molecule has 2 heterocycles. The van der Waals surface area contributed by atoms with Crippen LogP contribution in [-0.4, -0.2) is 35.7 Å². The minimum absolute atomic E-state index is 0. The largest absolute Gasteiger partial charge is 0.497 e. The van der Waals surface area contributed by atoms with E-state index < -0.39 is 0 Å². The lowest BCUT2D eigenvalue weighted by molar-refractivity contribution is -0.117. The molecule has 1 aromatic carbocycles. The first-order valence-electron chi connectivity index (χ1n) is 6.91. The Morgan fingerprint density at radius 1 is 1.39 bits per heavy atom. The van der Waals surface area contributed by atoms with Crippen molar-refractivity contribution in [3.05, 3.63) is 29.1 Å². The van der Waals surface area contributed by atoms with E-state index in [1.807, 2.05) is 31.2 Å². The molecule has 1 saturated heterocycles. The molecule has 0 saturated carbocycles. The average Bonchev–Trinajstić information content (AvgIpc) is 3.17. The van der Waals surface area contributed by atoms with E-state index >= 15 is 0 Å². The molecule has 1 amide bonds. The van der Waals surface area contributed by atoms with Gasteiger partial charge in [-0.1, -0.05) is 0 Å². The average molecular weight is 372 g/mol. The number of nitrogens with one attached hydrogen (secondary N) is 2. The monoisotopic (exact) mass is 371 g/mol. The number of aromatic nitrogens is 1. The number of hydrogen-bond donors (Lipinski definition) is 2. The van der Waals surface area contributed by atoms with Crippen molar-refractivity contribution in [3.63, 3.8) is 0 Å². The first-order chi connectivity index (χ1) is 10.7. The fourth-order valence-electron chi connectivity index (χ4n) is 2.22. The van der Waals surface area contributed by atoms with E-state index in [-0.39, 0.29) is 24.4 Å². The minimum Gasteiger partial charge on any atom is -0.497 e. The van der Waals surface area contributed by atoms with Crippen LogP contribution in [-0.2, 0) is 4.79 Å². The third-order valence-corrected chi connectivity index (χ3v) is 5.25. The zero-order valence-corrected chi connectivity index (χ0v) is 15.2. The molecule has 0 spiro atoms. The molecule has 0 radical (unpaired) electrons. The molecule has 0 aliphatic carbocycles. The fourth-order valence-corrected chi connectivity index (χ4v) is 4.00. The van der Waals surface area contributed by atoms with Gasteiger partial charge in [0, 0.05) is 22.1 Å². The van der Waals surface area contributed by atoms with Crippen molar-refractivity contribution < 1.29 is 9.53 Å². The lowest BCUT2D eigenvalue weighted by Gasteiger charge is -2.07. The Balaban J connectivity index is 0.00000192. The highest BCUT2D eigenvalue weighted by atomic mass is 35.5. The van der Waals surface area contributed by atoms with Crippen LogP contribution in [0.5, 0.6) is 5.75 Å². The maximum absolute atomic E-state index is 12.1. The molecule has 2 aromatic rings. The van der Waals surface area contributed by atoms with Crippen LogP contribution in [0.25, 0.3) is 11.3 Å². The molecule has 8 heteroatoms. The van der Waals surface area contributed by atoms with E-state index in [9.17, 15) is 4.79 Å². The molecule has 1 aliphatic rings. The predicted octanol–water partition coefficient (Wildman–Crippen LogP) is 3.15. The number of rotatable bonds is 4. The first kappa shape index (κ1) is 18.1. The van der Waals surface area contributed by atoms with Crippen molar-refractivity contribution in [1.82, 2.24) is 10.3 Å². The molecule has 1 aromatic heterocycles. The van der Waals surface area contributed by atoms with E-state index in [2.05, 4.69) is 15.6 Å². The molecule has 1 atom stereocenters. The third kappa shape index (κ3) is 4.17. The molecule has 3 rings (SSSR count). The molecule has 124 valence electrons. The number of amides is 1. The van der Waals surface area contributed by atoms with Crippen molar-refractivity contribution >= 4 is 46.5 Å². The lowest BCUT2D eigenvalue weighted by Crippen LogP contribution is -2.37. The normalized spacial score (nSPS) is 16.7. The van der Waals surface area contributed by atoms with E-state index in [0.717, 1.165) is 33.5 Å². The summed E-state index contributed by atoms with van der Waals surface area (Å²) in [6.07, 6.45) is 0. The Morgan fingerprint density at radius 3 is 2.74 bits per heavy atom. The summed E-state index contributed by atoms with van der Waals surface area (Å²) in [5.74, 6) is 2.43. The van der Waals surface area contributed by atoms with Crippen molar-refractivity contribution in [2.45, 2.75) is 13.0 Å². The summed E-state index contributed by atoms with van der Waals surface area (Å²) in [6, 6.07) is 7.64. The maximum atomic E-state index is 12.1.